The number of anilines is 1. The number of para-hydroxylation sites is 1. The number of likely N-dealkylation sites (tertiary alicyclic amines) is 1. The van der Waals surface area contributed by atoms with E-state index in [4.69, 9.17) is 16.6 Å². The summed E-state index contributed by atoms with van der Waals surface area (Å²) in [5, 5.41) is 0.701. The second-order valence-electron chi connectivity index (χ2n) is 9.95. The van der Waals surface area contributed by atoms with Crippen LogP contribution in [-0.4, -0.2) is 67.7 Å². The van der Waals surface area contributed by atoms with E-state index in [-0.39, 0.29) is 5.92 Å². The topological polar surface area (TPSA) is 39.2 Å². The summed E-state index contributed by atoms with van der Waals surface area (Å²) < 4.78 is 0. The van der Waals surface area contributed by atoms with Gasteiger partial charge in [0.15, 0.2) is 0 Å². The van der Waals surface area contributed by atoms with E-state index >= 15 is 0 Å². The summed E-state index contributed by atoms with van der Waals surface area (Å²) in [5.41, 5.74) is 5.06. The van der Waals surface area contributed by atoms with Crippen molar-refractivity contribution in [2.45, 2.75) is 45.6 Å². The van der Waals surface area contributed by atoms with Gasteiger partial charge in [-0.15, -0.1) is 0 Å². The van der Waals surface area contributed by atoms with Crippen LogP contribution in [0.25, 0.3) is 0 Å². The highest BCUT2D eigenvalue weighted by molar-refractivity contribution is 6.34. The van der Waals surface area contributed by atoms with Gasteiger partial charge in [-0.05, 0) is 83.5 Å². The lowest BCUT2D eigenvalue weighted by molar-refractivity contribution is -0.137. The monoisotopic (exact) mass is 480 g/mol. The van der Waals surface area contributed by atoms with Gasteiger partial charge in [-0.1, -0.05) is 29.8 Å². The first-order chi connectivity index (χ1) is 16.3. The Hall–Kier alpha value is -2.37. The fourth-order valence-corrected chi connectivity index (χ4v) is 5.45. The highest BCUT2D eigenvalue weighted by Crippen LogP contribution is 2.30. The Bertz CT molecular complexity index is 1040. The summed E-state index contributed by atoms with van der Waals surface area (Å²) in [7, 11) is 4.27. The molecule has 0 N–H and O–H groups in total. The van der Waals surface area contributed by atoms with Gasteiger partial charge in [-0.2, -0.15) is 0 Å². The lowest BCUT2D eigenvalue weighted by atomic mass is 9.94. The zero-order chi connectivity index (χ0) is 24.2. The second kappa shape index (κ2) is 10.9. The van der Waals surface area contributed by atoms with Crippen molar-refractivity contribution >= 4 is 34.6 Å². The molecule has 0 spiro atoms. The zero-order valence-corrected chi connectivity index (χ0v) is 21.7. The van der Waals surface area contributed by atoms with E-state index in [1.165, 1.54) is 0 Å². The molecule has 2 aliphatic heterocycles. The maximum absolute atomic E-state index is 13.3. The Kier molecular flexibility index (Phi) is 7.95. The molecule has 182 valence electrons. The van der Waals surface area contributed by atoms with E-state index < -0.39 is 0 Å². The first kappa shape index (κ1) is 24.7. The summed E-state index contributed by atoms with van der Waals surface area (Å²) in [6, 6.07) is 14.9. The number of nitrogens with zero attached hydrogens (tertiary/aromatic N) is 4. The number of benzene rings is 2. The van der Waals surface area contributed by atoms with Crippen LogP contribution >= 0.6 is 11.6 Å². The fourth-order valence-electron chi connectivity index (χ4n) is 5.19. The van der Waals surface area contributed by atoms with Crippen LogP contribution in [0.2, 0.25) is 5.02 Å². The Morgan fingerprint density at radius 1 is 1.06 bits per heavy atom. The standard InChI is InChI=1S/C28H37ClN4O/c1-20-8-5-6-10-27(20)30-21(2)25-18-24(11-12-26(25)29)33-15-7-9-22(19-33)28(34)32-16-13-23(14-17-32)31(3)4/h5-6,8,10-12,18,22-23H,7,9,13-17,19H2,1-4H3. The fraction of sp³-hybridized carbons (Fsp3) is 0.500. The van der Waals surface area contributed by atoms with E-state index in [1.807, 2.05) is 31.2 Å². The average Bonchev–Trinajstić information content (AvgIpc) is 2.85. The number of hydrogen-bond acceptors (Lipinski definition) is 4. The molecule has 4 rings (SSSR count). The molecule has 0 aromatic heterocycles. The summed E-state index contributed by atoms with van der Waals surface area (Å²) in [6.07, 6.45) is 4.13. The second-order valence-corrected chi connectivity index (χ2v) is 10.4. The van der Waals surface area contributed by atoms with Gasteiger partial charge in [0.05, 0.1) is 11.6 Å². The number of carbonyl (C=O) groups excluding carboxylic acids is 1. The lowest BCUT2D eigenvalue weighted by Gasteiger charge is -2.39. The minimum absolute atomic E-state index is 0.0607. The molecule has 6 heteroatoms. The molecule has 2 aromatic carbocycles. The molecule has 2 fully saturated rings. The van der Waals surface area contributed by atoms with Crippen LogP contribution in [0, 0.1) is 12.8 Å². The van der Waals surface area contributed by atoms with E-state index in [9.17, 15) is 4.79 Å². The highest BCUT2D eigenvalue weighted by Gasteiger charge is 2.32. The number of aryl methyl sites for hydroxylation is 1. The van der Waals surface area contributed by atoms with Crippen molar-refractivity contribution in [1.29, 1.82) is 0 Å². The molecule has 2 aliphatic rings. The van der Waals surface area contributed by atoms with Crippen molar-refractivity contribution in [3.8, 4) is 0 Å². The van der Waals surface area contributed by atoms with Crippen LogP contribution in [0.3, 0.4) is 0 Å². The van der Waals surface area contributed by atoms with Crippen LogP contribution in [0.15, 0.2) is 47.5 Å². The third-order valence-corrected chi connectivity index (χ3v) is 7.72. The van der Waals surface area contributed by atoms with E-state index in [2.05, 4.69) is 53.9 Å². The SMILES string of the molecule is CC(=Nc1ccccc1C)c1cc(N2CCCC(C(=O)N3CCC(N(C)C)CC3)C2)ccc1Cl. The lowest BCUT2D eigenvalue weighted by Crippen LogP contribution is -2.49. The summed E-state index contributed by atoms with van der Waals surface area (Å²) >= 11 is 6.59. The van der Waals surface area contributed by atoms with Gasteiger partial charge in [-0.25, -0.2) is 0 Å². The molecule has 1 atom stereocenters. The molecular weight excluding hydrogens is 444 g/mol. The molecule has 0 saturated carbocycles. The van der Waals surface area contributed by atoms with Gasteiger partial charge in [0, 0.05) is 54.2 Å². The quantitative estimate of drug-likeness (QED) is 0.526. The molecule has 0 aliphatic carbocycles. The number of carbonyl (C=O) groups is 1. The number of halogens is 1. The molecule has 1 unspecified atom stereocenters. The minimum Gasteiger partial charge on any atom is -0.371 e. The van der Waals surface area contributed by atoms with Gasteiger partial charge < -0.3 is 14.7 Å². The normalized spacial score (nSPS) is 20.2. The molecule has 34 heavy (non-hydrogen) atoms. The molecule has 2 heterocycles. The first-order valence-corrected chi connectivity index (χ1v) is 12.8. The van der Waals surface area contributed by atoms with Crippen LogP contribution in [0.4, 0.5) is 11.4 Å². The number of piperidine rings is 2. The Balaban J connectivity index is 1.47. The van der Waals surface area contributed by atoms with E-state index in [0.29, 0.717) is 17.0 Å². The molecule has 0 radical (unpaired) electrons. The van der Waals surface area contributed by atoms with Crippen molar-refractivity contribution in [2.75, 3.05) is 45.2 Å². The Morgan fingerprint density at radius 2 is 1.79 bits per heavy atom. The van der Waals surface area contributed by atoms with Crippen molar-refractivity contribution in [1.82, 2.24) is 9.80 Å². The van der Waals surface area contributed by atoms with Crippen LogP contribution in [0.5, 0.6) is 0 Å². The number of aliphatic imine (C=N–C) groups is 1. The van der Waals surface area contributed by atoms with Crippen molar-refractivity contribution in [3.63, 3.8) is 0 Å². The van der Waals surface area contributed by atoms with Gasteiger partial charge >= 0.3 is 0 Å². The molecule has 2 aromatic rings. The van der Waals surface area contributed by atoms with Crippen LogP contribution < -0.4 is 4.90 Å². The minimum atomic E-state index is 0.0607. The highest BCUT2D eigenvalue weighted by atomic mass is 35.5. The number of hydrogen-bond donors (Lipinski definition) is 0. The summed E-state index contributed by atoms with van der Waals surface area (Å²) in [4.78, 5) is 24.9. The van der Waals surface area contributed by atoms with Crippen molar-refractivity contribution < 1.29 is 4.79 Å². The van der Waals surface area contributed by atoms with Crippen molar-refractivity contribution in [3.05, 3.63) is 58.6 Å². The Labute approximate surface area is 209 Å². The molecule has 0 bridgehead atoms. The smallest absolute Gasteiger partial charge is 0.227 e. The first-order valence-electron chi connectivity index (χ1n) is 12.4. The number of amides is 1. The van der Waals surface area contributed by atoms with E-state index in [1.54, 1.807) is 0 Å². The predicted octanol–water partition coefficient (Wildman–Crippen LogP) is 5.56. The van der Waals surface area contributed by atoms with Crippen molar-refractivity contribution in [2.24, 2.45) is 10.9 Å². The van der Waals surface area contributed by atoms with Gasteiger partial charge in [0.2, 0.25) is 5.91 Å². The molecule has 2 saturated heterocycles. The molecular formula is C28H37ClN4O. The third-order valence-electron chi connectivity index (χ3n) is 7.39. The third kappa shape index (κ3) is 5.64. The largest absolute Gasteiger partial charge is 0.371 e. The average molecular weight is 481 g/mol. The number of rotatable bonds is 5. The van der Waals surface area contributed by atoms with Crippen LogP contribution in [0.1, 0.15) is 43.7 Å². The summed E-state index contributed by atoms with van der Waals surface area (Å²) in [6.45, 7) is 7.55. The van der Waals surface area contributed by atoms with Crippen LogP contribution in [-0.2, 0) is 4.79 Å². The maximum Gasteiger partial charge on any atom is 0.227 e. The van der Waals surface area contributed by atoms with Gasteiger partial charge in [0.1, 0.15) is 0 Å². The van der Waals surface area contributed by atoms with E-state index in [0.717, 1.165) is 80.1 Å². The van der Waals surface area contributed by atoms with Gasteiger partial charge in [-0.3, -0.25) is 9.79 Å². The molecule has 5 nitrogen and oxygen atoms in total. The zero-order valence-electron chi connectivity index (χ0n) is 20.9. The Morgan fingerprint density at radius 3 is 2.50 bits per heavy atom. The summed E-state index contributed by atoms with van der Waals surface area (Å²) in [5.74, 6) is 0.388. The predicted molar refractivity (Wildman–Crippen MR) is 143 cm³/mol. The van der Waals surface area contributed by atoms with Gasteiger partial charge in [0.25, 0.3) is 0 Å². The molecule has 1 amide bonds. The maximum atomic E-state index is 13.3.